The molecule has 0 aliphatic carbocycles. The van der Waals surface area contributed by atoms with E-state index in [4.69, 9.17) is 4.74 Å². The highest BCUT2D eigenvalue weighted by molar-refractivity contribution is 6.00. The number of ketones is 1. The fourth-order valence-corrected chi connectivity index (χ4v) is 2.00. The molecular weight excluding hydrogens is 216 g/mol. The van der Waals surface area contributed by atoms with Crippen molar-refractivity contribution in [1.82, 2.24) is 10.3 Å². The van der Waals surface area contributed by atoms with E-state index in [9.17, 15) is 4.79 Å². The van der Waals surface area contributed by atoms with E-state index in [0.717, 1.165) is 19.4 Å². The van der Waals surface area contributed by atoms with Crippen molar-refractivity contribution in [2.24, 2.45) is 0 Å². The Hall–Kier alpha value is -1.42. The minimum atomic E-state index is -0.0499. The van der Waals surface area contributed by atoms with E-state index >= 15 is 0 Å². The summed E-state index contributed by atoms with van der Waals surface area (Å²) in [5, 5.41) is 3.20. The van der Waals surface area contributed by atoms with Gasteiger partial charge in [0.15, 0.2) is 5.78 Å². The number of hydrogen-bond acceptors (Lipinski definition) is 4. The summed E-state index contributed by atoms with van der Waals surface area (Å²) in [5.74, 6) is 0.771. The molecule has 0 amide bonds. The molecule has 1 unspecified atom stereocenters. The molecule has 1 atom stereocenters. The first-order valence-corrected chi connectivity index (χ1v) is 6.06. The molecule has 92 valence electrons. The minimum Gasteiger partial charge on any atom is -0.489 e. The van der Waals surface area contributed by atoms with Crippen molar-refractivity contribution in [3.63, 3.8) is 0 Å². The van der Waals surface area contributed by atoms with Gasteiger partial charge in [0.2, 0.25) is 0 Å². The highest BCUT2D eigenvalue weighted by Crippen LogP contribution is 2.17. The first-order chi connectivity index (χ1) is 8.16. The molecule has 4 nitrogen and oxygen atoms in total. The fraction of sp³-hybridized carbons (Fsp3) is 0.538. The van der Waals surface area contributed by atoms with Gasteiger partial charge in [0, 0.05) is 11.8 Å². The number of Topliss-reactive ketones (excluding diaryl/α,β-unsaturated/α-hetero) is 1. The fourth-order valence-electron chi connectivity index (χ4n) is 2.00. The van der Waals surface area contributed by atoms with Crippen LogP contribution in [-0.2, 0) is 0 Å². The van der Waals surface area contributed by atoms with Gasteiger partial charge in [0.05, 0.1) is 18.3 Å². The highest BCUT2D eigenvalue weighted by Gasteiger charge is 2.23. The van der Waals surface area contributed by atoms with Crippen LogP contribution < -0.4 is 10.1 Å². The van der Waals surface area contributed by atoms with E-state index < -0.39 is 0 Å². The van der Waals surface area contributed by atoms with E-state index in [1.807, 2.05) is 13.8 Å². The minimum absolute atomic E-state index is 0.0499. The van der Waals surface area contributed by atoms with Gasteiger partial charge in [-0.15, -0.1) is 0 Å². The topological polar surface area (TPSA) is 51.2 Å². The average molecular weight is 234 g/mol. The predicted octanol–water partition coefficient (Wildman–Crippen LogP) is 1.80. The summed E-state index contributed by atoms with van der Waals surface area (Å²) in [6.07, 6.45) is 5.31. The molecule has 1 aromatic rings. The van der Waals surface area contributed by atoms with Crippen LogP contribution in [0, 0.1) is 0 Å². The van der Waals surface area contributed by atoms with Crippen molar-refractivity contribution in [1.29, 1.82) is 0 Å². The lowest BCUT2D eigenvalue weighted by Crippen LogP contribution is -2.30. The third kappa shape index (κ3) is 3.03. The number of rotatable bonds is 4. The van der Waals surface area contributed by atoms with Crippen molar-refractivity contribution in [2.75, 3.05) is 6.54 Å². The maximum Gasteiger partial charge on any atom is 0.181 e. The molecule has 1 aliphatic heterocycles. The lowest BCUT2D eigenvalue weighted by molar-refractivity contribution is 0.0951. The van der Waals surface area contributed by atoms with Crippen LogP contribution in [0.25, 0.3) is 0 Å². The van der Waals surface area contributed by atoms with E-state index in [-0.39, 0.29) is 17.9 Å². The van der Waals surface area contributed by atoms with Crippen LogP contribution in [0.15, 0.2) is 18.5 Å². The van der Waals surface area contributed by atoms with Crippen molar-refractivity contribution in [3.05, 3.63) is 24.0 Å². The zero-order chi connectivity index (χ0) is 12.3. The lowest BCUT2D eigenvalue weighted by atomic mass is 10.0. The molecule has 2 rings (SSSR count). The van der Waals surface area contributed by atoms with Crippen molar-refractivity contribution < 1.29 is 9.53 Å². The summed E-state index contributed by atoms with van der Waals surface area (Å²) in [7, 11) is 0. The average Bonchev–Trinajstić information content (AvgIpc) is 2.81. The van der Waals surface area contributed by atoms with Gasteiger partial charge in [-0.05, 0) is 39.3 Å². The number of ether oxygens (including phenoxy) is 1. The molecule has 2 heterocycles. The Bertz CT molecular complexity index is 398. The number of aromatic nitrogens is 1. The first kappa shape index (κ1) is 12.0. The van der Waals surface area contributed by atoms with Crippen LogP contribution in [0.1, 0.15) is 37.0 Å². The third-order valence-corrected chi connectivity index (χ3v) is 2.75. The molecule has 1 saturated heterocycles. The summed E-state index contributed by atoms with van der Waals surface area (Å²) < 4.78 is 5.53. The summed E-state index contributed by atoms with van der Waals surface area (Å²) in [4.78, 5) is 16.2. The van der Waals surface area contributed by atoms with Gasteiger partial charge in [-0.1, -0.05) is 0 Å². The largest absolute Gasteiger partial charge is 0.489 e. The van der Waals surface area contributed by atoms with Gasteiger partial charge < -0.3 is 10.1 Å². The molecule has 0 radical (unpaired) electrons. The molecule has 0 bridgehead atoms. The number of pyridine rings is 1. The monoisotopic (exact) mass is 234 g/mol. The molecule has 1 fully saturated rings. The third-order valence-electron chi connectivity index (χ3n) is 2.75. The second-order valence-electron chi connectivity index (χ2n) is 4.59. The highest BCUT2D eigenvalue weighted by atomic mass is 16.5. The summed E-state index contributed by atoms with van der Waals surface area (Å²) >= 11 is 0. The van der Waals surface area contributed by atoms with Crippen LogP contribution in [0.4, 0.5) is 0 Å². The molecule has 0 saturated carbocycles. The Labute approximate surface area is 101 Å². The van der Waals surface area contributed by atoms with Gasteiger partial charge in [0.25, 0.3) is 0 Å². The van der Waals surface area contributed by atoms with Crippen molar-refractivity contribution >= 4 is 5.78 Å². The van der Waals surface area contributed by atoms with Gasteiger partial charge in [-0.2, -0.15) is 0 Å². The Kier molecular flexibility index (Phi) is 3.74. The van der Waals surface area contributed by atoms with Crippen molar-refractivity contribution in [3.8, 4) is 5.75 Å². The quantitative estimate of drug-likeness (QED) is 0.807. The SMILES string of the molecule is CC(C)Oc1cncc(C(=O)C2CCCN2)c1. The molecule has 4 heteroatoms. The number of carbonyl (C=O) groups excluding carboxylic acids is 1. The van der Waals surface area contributed by atoms with Gasteiger partial charge >= 0.3 is 0 Å². The smallest absolute Gasteiger partial charge is 0.181 e. The molecule has 1 N–H and O–H groups in total. The predicted molar refractivity (Wildman–Crippen MR) is 65.4 cm³/mol. The van der Waals surface area contributed by atoms with Gasteiger partial charge in [-0.3, -0.25) is 9.78 Å². The molecule has 0 aromatic carbocycles. The van der Waals surface area contributed by atoms with Crippen LogP contribution in [0.3, 0.4) is 0 Å². The number of carbonyl (C=O) groups is 1. The number of nitrogens with one attached hydrogen (secondary N) is 1. The maximum atomic E-state index is 12.1. The summed E-state index contributed by atoms with van der Waals surface area (Å²) in [5.41, 5.74) is 0.627. The molecule has 17 heavy (non-hydrogen) atoms. The molecule has 1 aliphatic rings. The Balaban J connectivity index is 2.12. The zero-order valence-corrected chi connectivity index (χ0v) is 10.3. The lowest BCUT2D eigenvalue weighted by Gasteiger charge is -2.12. The normalized spacial score (nSPS) is 19.6. The van der Waals surface area contributed by atoms with Crippen molar-refractivity contribution in [2.45, 2.75) is 38.8 Å². The Morgan fingerprint density at radius 3 is 3.00 bits per heavy atom. The standard InChI is InChI=1S/C13H18N2O2/c1-9(2)17-11-6-10(7-14-8-11)13(16)12-4-3-5-15-12/h6-9,12,15H,3-5H2,1-2H3. The van der Waals surface area contributed by atoms with E-state index in [2.05, 4.69) is 10.3 Å². The van der Waals surface area contributed by atoms with E-state index in [1.54, 1.807) is 18.5 Å². The van der Waals surface area contributed by atoms with Gasteiger partial charge in [0.1, 0.15) is 5.75 Å². The number of nitrogens with zero attached hydrogens (tertiary/aromatic N) is 1. The van der Waals surface area contributed by atoms with Crippen LogP contribution in [0.2, 0.25) is 0 Å². The first-order valence-electron chi connectivity index (χ1n) is 6.06. The summed E-state index contributed by atoms with van der Waals surface area (Å²) in [6, 6.07) is 1.72. The Morgan fingerprint density at radius 1 is 1.53 bits per heavy atom. The zero-order valence-electron chi connectivity index (χ0n) is 10.3. The summed E-state index contributed by atoms with van der Waals surface area (Å²) in [6.45, 7) is 4.83. The van der Waals surface area contributed by atoms with E-state index in [1.165, 1.54) is 0 Å². The maximum absolute atomic E-state index is 12.1. The van der Waals surface area contributed by atoms with E-state index in [0.29, 0.717) is 11.3 Å². The molecule has 1 aromatic heterocycles. The second-order valence-corrected chi connectivity index (χ2v) is 4.59. The van der Waals surface area contributed by atoms with Gasteiger partial charge in [-0.25, -0.2) is 0 Å². The number of hydrogen-bond donors (Lipinski definition) is 1. The van der Waals surface area contributed by atoms with Crippen LogP contribution in [0.5, 0.6) is 5.75 Å². The van der Waals surface area contributed by atoms with Crippen LogP contribution >= 0.6 is 0 Å². The second kappa shape index (κ2) is 5.27. The molecule has 0 spiro atoms. The van der Waals surface area contributed by atoms with Crippen LogP contribution in [-0.4, -0.2) is 29.5 Å². The molecular formula is C13H18N2O2. The Morgan fingerprint density at radius 2 is 2.35 bits per heavy atom.